The lowest BCUT2D eigenvalue weighted by atomic mass is 10.2. The van der Waals surface area contributed by atoms with Gasteiger partial charge in [-0.25, -0.2) is 4.39 Å². The second-order valence-corrected chi connectivity index (χ2v) is 2.85. The number of H-pyrrole nitrogens is 1. The highest BCUT2D eigenvalue weighted by Crippen LogP contribution is 2.18. The first kappa shape index (κ1) is 7.35. The van der Waals surface area contributed by atoms with Crippen molar-refractivity contribution in [3.63, 3.8) is 0 Å². The molecule has 2 rings (SSSR count). The third-order valence-electron chi connectivity index (χ3n) is 2.05. The van der Waals surface area contributed by atoms with Crippen molar-refractivity contribution in [3.05, 3.63) is 35.8 Å². The summed E-state index contributed by atoms with van der Waals surface area (Å²) in [6.45, 7) is 2.04. The molecule has 1 aromatic heterocycles. The Labute approximate surface area is 70.2 Å². The average molecular weight is 163 g/mol. The molecular formula is C10H10FN. The third-order valence-corrected chi connectivity index (χ3v) is 2.05. The summed E-state index contributed by atoms with van der Waals surface area (Å²) in [7, 11) is 0. The van der Waals surface area contributed by atoms with Crippen molar-refractivity contribution in [2.75, 3.05) is 0 Å². The van der Waals surface area contributed by atoms with Gasteiger partial charge in [0.2, 0.25) is 0 Å². The lowest BCUT2D eigenvalue weighted by Crippen LogP contribution is -1.75. The molecule has 0 bridgehead atoms. The van der Waals surface area contributed by atoms with Crippen LogP contribution in [0, 0.1) is 5.82 Å². The van der Waals surface area contributed by atoms with Crippen LogP contribution in [0.25, 0.3) is 10.9 Å². The van der Waals surface area contributed by atoms with Crippen LogP contribution in [-0.4, -0.2) is 4.98 Å². The Morgan fingerprint density at radius 3 is 2.92 bits per heavy atom. The number of aryl methyl sites for hydroxylation is 1. The van der Waals surface area contributed by atoms with E-state index in [1.54, 1.807) is 6.07 Å². The molecule has 1 nitrogen and oxygen atoms in total. The molecule has 2 aromatic rings. The third kappa shape index (κ3) is 0.998. The van der Waals surface area contributed by atoms with E-state index in [1.807, 2.05) is 19.1 Å². The number of nitrogens with one attached hydrogen (secondary N) is 1. The minimum absolute atomic E-state index is 0.150. The van der Waals surface area contributed by atoms with E-state index >= 15 is 0 Å². The Kier molecular flexibility index (Phi) is 1.61. The minimum atomic E-state index is -0.150. The van der Waals surface area contributed by atoms with Gasteiger partial charge in [0.25, 0.3) is 0 Å². The Bertz CT molecular complexity index is 403. The van der Waals surface area contributed by atoms with E-state index in [0.29, 0.717) is 5.39 Å². The van der Waals surface area contributed by atoms with Crippen molar-refractivity contribution in [3.8, 4) is 0 Å². The number of aromatic nitrogens is 1. The first-order chi connectivity index (χ1) is 5.81. The standard InChI is InChI=1S/C10H10FN/c1-2-7-6-8-9(11)4-3-5-10(8)12-7/h3-6,12H,2H2,1H3. The molecule has 12 heavy (non-hydrogen) atoms. The van der Waals surface area contributed by atoms with Gasteiger partial charge in [-0.05, 0) is 24.6 Å². The lowest BCUT2D eigenvalue weighted by Gasteiger charge is -1.88. The number of halogens is 1. The zero-order chi connectivity index (χ0) is 8.55. The molecule has 1 N–H and O–H groups in total. The second kappa shape index (κ2) is 2.63. The zero-order valence-electron chi connectivity index (χ0n) is 6.89. The van der Waals surface area contributed by atoms with Gasteiger partial charge in [0, 0.05) is 16.6 Å². The Balaban J connectivity index is 2.74. The normalized spacial score (nSPS) is 10.8. The maximum absolute atomic E-state index is 13.1. The van der Waals surface area contributed by atoms with Gasteiger partial charge in [-0.3, -0.25) is 0 Å². The number of benzene rings is 1. The number of aromatic amines is 1. The van der Waals surface area contributed by atoms with Gasteiger partial charge in [-0.15, -0.1) is 0 Å². The molecule has 2 heteroatoms. The van der Waals surface area contributed by atoms with Gasteiger partial charge in [0.05, 0.1) is 0 Å². The van der Waals surface area contributed by atoms with Crippen molar-refractivity contribution in [2.24, 2.45) is 0 Å². The van der Waals surface area contributed by atoms with Gasteiger partial charge < -0.3 is 4.98 Å². The number of rotatable bonds is 1. The highest BCUT2D eigenvalue weighted by molar-refractivity contribution is 5.80. The first-order valence-electron chi connectivity index (χ1n) is 4.07. The Hall–Kier alpha value is -1.31. The smallest absolute Gasteiger partial charge is 0.132 e. The molecule has 0 saturated carbocycles. The van der Waals surface area contributed by atoms with Crippen LogP contribution in [0.15, 0.2) is 24.3 Å². The molecule has 0 spiro atoms. The van der Waals surface area contributed by atoms with E-state index in [0.717, 1.165) is 17.6 Å². The molecule has 0 fully saturated rings. The van der Waals surface area contributed by atoms with Gasteiger partial charge in [-0.1, -0.05) is 13.0 Å². The van der Waals surface area contributed by atoms with Crippen LogP contribution in [0.3, 0.4) is 0 Å². The number of fused-ring (bicyclic) bond motifs is 1. The quantitative estimate of drug-likeness (QED) is 0.665. The summed E-state index contributed by atoms with van der Waals surface area (Å²) in [4.78, 5) is 3.15. The van der Waals surface area contributed by atoms with Gasteiger partial charge in [0.1, 0.15) is 5.82 Å². The predicted molar refractivity (Wildman–Crippen MR) is 47.6 cm³/mol. The fraction of sp³-hybridized carbons (Fsp3) is 0.200. The molecule has 0 aliphatic carbocycles. The first-order valence-corrected chi connectivity index (χ1v) is 4.07. The van der Waals surface area contributed by atoms with Crippen LogP contribution in [0.2, 0.25) is 0 Å². The maximum atomic E-state index is 13.1. The predicted octanol–water partition coefficient (Wildman–Crippen LogP) is 2.87. The molecule has 1 heterocycles. The summed E-state index contributed by atoms with van der Waals surface area (Å²) in [6.07, 6.45) is 0.911. The largest absolute Gasteiger partial charge is 0.358 e. The summed E-state index contributed by atoms with van der Waals surface area (Å²) < 4.78 is 13.1. The lowest BCUT2D eigenvalue weighted by molar-refractivity contribution is 0.640. The molecule has 0 radical (unpaired) electrons. The molecule has 0 atom stereocenters. The summed E-state index contributed by atoms with van der Waals surface area (Å²) in [5, 5.41) is 0.689. The highest BCUT2D eigenvalue weighted by atomic mass is 19.1. The summed E-state index contributed by atoms with van der Waals surface area (Å²) in [6, 6.07) is 6.95. The van der Waals surface area contributed by atoms with Crippen LogP contribution in [0.4, 0.5) is 4.39 Å². The van der Waals surface area contributed by atoms with Crippen molar-refractivity contribution in [1.29, 1.82) is 0 Å². The molecule has 0 aliphatic heterocycles. The van der Waals surface area contributed by atoms with Crippen LogP contribution < -0.4 is 0 Å². The SMILES string of the molecule is CCc1cc2c(F)cccc2[nH]1. The summed E-state index contributed by atoms with van der Waals surface area (Å²) >= 11 is 0. The van der Waals surface area contributed by atoms with Crippen LogP contribution in [0.5, 0.6) is 0 Å². The van der Waals surface area contributed by atoms with Gasteiger partial charge in [0.15, 0.2) is 0 Å². The second-order valence-electron chi connectivity index (χ2n) is 2.85. The summed E-state index contributed by atoms with van der Waals surface area (Å²) in [5.41, 5.74) is 1.96. The van der Waals surface area contributed by atoms with E-state index in [1.165, 1.54) is 6.07 Å². The fourth-order valence-corrected chi connectivity index (χ4v) is 1.37. The molecule has 0 unspecified atom stereocenters. The summed E-state index contributed by atoms with van der Waals surface area (Å²) in [5.74, 6) is -0.150. The molecule has 1 aromatic carbocycles. The van der Waals surface area contributed by atoms with E-state index < -0.39 is 0 Å². The van der Waals surface area contributed by atoms with Gasteiger partial charge >= 0.3 is 0 Å². The van der Waals surface area contributed by atoms with Gasteiger partial charge in [-0.2, -0.15) is 0 Å². The number of hydrogen-bond acceptors (Lipinski definition) is 0. The fourth-order valence-electron chi connectivity index (χ4n) is 1.37. The van der Waals surface area contributed by atoms with E-state index in [-0.39, 0.29) is 5.82 Å². The zero-order valence-corrected chi connectivity index (χ0v) is 6.89. The molecule has 0 amide bonds. The van der Waals surface area contributed by atoms with Crippen molar-refractivity contribution in [1.82, 2.24) is 4.98 Å². The highest BCUT2D eigenvalue weighted by Gasteiger charge is 2.02. The molecule has 0 saturated heterocycles. The molecule has 0 aliphatic rings. The van der Waals surface area contributed by atoms with Crippen molar-refractivity contribution in [2.45, 2.75) is 13.3 Å². The Morgan fingerprint density at radius 1 is 1.42 bits per heavy atom. The molecular weight excluding hydrogens is 153 g/mol. The minimum Gasteiger partial charge on any atom is -0.358 e. The van der Waals surface area contributed by atoms with Crippen LogP contribution in [0.1, 0.15) is 12.6 Å². The Morgan fingerprint density at radius 2 is 2.25 bits per heavy atom. The van der Waals surface area contributed by atoms with Crippen molar-refractivity contribution >= 4 is 10.9 Å². The molecule has 62 valence electrons. The van der Waals surface area contributed by atoms with Crippen molar-refractivity contribution < 1.29 is 4.39 Å². The number of hydrogen-bond donors (Lipinski definition) is 1. The topological polar surface area (TPSA) is 15.8 Å². The average Bonchev–Trinajstić information content (AvgIpc) is 2.49. The van der Waals surface area contributed by atoms with E-state index in [2.05, 4.69) is 4.98 Å². The maximum Gasteiger partial charge on any atom is 0.132 e. The van der Waals surface area contributed by atoms with Crippen LogP contribution >= 0.6 is 0 Å². The van der Waals surface area contributed by atoms with Crippen LogP contribution in [-0.2, 0) is 6.42 Å². The van der Waals surface area contributed by atoms with E-state index in [4.69, 9.17) is 0 Å². The van der Waals surface area contributed by atoms with E-state index in [9.17, 15) is 4.39 Å². The monoisotopic (exact) mass is 163 g/mol.